The summed E-state index contributed by atoms with van der Waals surface area (Å²) >= 11 is 0. The highest BCUT2D eigenvalue weighted by Crippen LogP contribution is 2.19. The van der Waals surface area contributed by atoms with Crippen LogP contribution in [-0.2, 0) is 0 Å². The molecule has 0 saturated heterocycles. The molecule has 2 N–H and O–H groups in total. The van der Waals surface area contributed by atoms with Gasteiger partial charge in [-0.15, -0.1) is 0 Å². The molecular formula is C10H11N3O2. The number of benzene rings is 1. The van der Waals surface area contributed by atoms with E-state index in [4.69, 9.17) is 0 Å². The van der Waals surface area contributed by atoms with Crippen molar-refractivity contribution in [2.24, 2.45) is 0 Å². The fourth-order valence-corrected chi connectivity index (χ4v) is 1.45. The molecular weight excluding hydrogens is 194 g/mol. The number of hydrazine groups is 2. The number of fused-ring (bicyclic) bond motifs is 1. The lowest BCUT2D eigenvalue weighted by Gasteiger charge is -2.14. The van der Waals surface area contributed by atoms with Gasteiger partial charge in [0.1, 0.15) is 0 Å². The van der Waals surface area contributed by atoms with E-state index in [-0.39, 0.29) is 11.8 Å². The van der Waals surface area contributed by atoms with Crippen molar-refractivity contribution in [3.63, 3.8) is 0 Å². The van der Waals surface area contributed by atoms with Crippen LogP contribution in [0.3, 0.4) is 0 Å². The minimum atomic E-state index is -0.323. The molecule has 0 atom stereocenters. The average Bonchev–Trinajstić information content (AvgIpc) is 2.51. The molecule has 5 heteroatoms. The summed E-state index contributed by atoms with van der Waals surface area (Å²) in [4.78, 5) is 23.4. The van der Waals surface area contributed by atoms with Gasteiger partial charge in [0, 0.05) is 6.54 Å². The zero-order valence-corrected chi connectivity index (χ0v) is 8.28. The van der Waals surface area contributed by atoms with Crippen molar-refractivity contribution < 1.29 is 9.59 Å². The van der Waals surface area contributed by atoms with Crippen molar-refractivity contribution >= 4 is 11.8 Å². The van der Waals surface area contributed by atoms with Crippen LogP contribution < -0.4 is 11.0 Å². The molecule has 2 amide bonds. The highest BCUT2D eigenvalue weighted by molar-refractivity contribution is 6.20. The fraction of sp³-hybridized carbons (Fsp3) is 0.200. The molecule has 0 spiro atoms. The Morgan fingerprint density at radius 3 is 2.13 bits per heavy atom. The number of carbonyl (C=O) groups excluding carboxylic acids is 2. The van der Waals surface area contributed by atoms with Crippen LogP contribution in [0.4, 0.5) is 0 Å². The Kier molecular flexibility index (Phi) is 2.49. The van der Waals surface area contributed by atoms with Gasteiger partial charge in [0.25, 0.3) is 11.8 Å². The Morgan fingerprint density at radius 2 is 1.67 bits per heavy atom. The molecule has 5 nitrogen and oxygen atoms in total. The summed E-state index contributed by atoms with van der Waals surface area (Å²) in [7, 11) is 0. The van der Waals surface area contributed by atoms with Crippen LogP contribution in [0.25, 0.3) is 0 Å². The lowest BCUT2D eigenvalue weighted by atomic mass is 10.1. The van der Waals surface area contributed by atoms with Gasteiger partial charge in [-0.1, -0.05) is 19.1 Å². The number of nitrogens with one attached hydrogen (secondary N) is 2. The second-order valence-corrected chi connectivity index (χ2v) is 3.13. The first-order chi connectivity index (χ1) is 7.25. The van der Waals surface area contributed by atoms with Gasteiger partial charge >= 0.3 is 0 Å². The number of nitrogens with zero attached hydrogens (tertiary/aromatic N) is 1. The summed E-state index contributed by atoms with van der Waals surface area (Å²) in [5.41, 5.74) is 6.16. The third-order valence-corrected chi connectivity index (χ3v) is 2.16. The predicted octanol–water partition coefficient (Wildman–Crippen LogP) is 0.312. The van der Waals surface area contributed by atoms with Gasteiger partial charge in [-0.3, -0.25) is 9.59 Å². The number of imide groups is 1. The van der Waals surface area contributed by atoms with E-state index in [2.05, 4.69) is 11.0 Å². The largest absolute Gasteiger partial charge is 0.277 e. The highest BCUT2D eigenvalue weighted by Gasteiger charge is 2.35. The van der Waals surface area contributed by atoms with Crippen molar-refractivity contribution in [3.8, 4) is 0 Å². The molecule has 0 saturated carbocycles. The summed E-state index contributed by atoms with van der Waals surface area (Å²) in [5, 5.41) is 0.980. The van der Waals surface area contributed by atoms with Gasteiger partial charge < -0.3 is 0 Å². The fourth-order valence-electron chi connectivity index (χ4n) is 1.45. The Morgan fingerprint density at radius 1 is 1.13 bits per heavy atom. The second-order valence-electron chi connectivity index (χ2n) is 3.13. The summed E-state index contributed by atoms with van der Waals surface area (Å²) < 4.78 is 0. The van der Waals surface area contributed by atoms with E-state index in [1.807, 2.05) is 6.92 Å². The Bertz CT molecular complexity index is 382. The van der Waals surface area contributed by atoms with Crippen molar-refractivity contribution in [1.82, 2.24) is 16.0 Å². The maximum atomic E-state index is 11.7. The molecule has 0 radical (unpaired) electrons. The number of hydrogen-bond acceptors (Lipinski definition) is 4. The molecule has 0 fully saturated rings. The van der Waals surface area contributed by atoms with E-state index in [0.29, 0.717) is 17.7 Å². The highest BCUT2D eigenvalue weighted by atomic mass is 16.2. The average molecular weight is 205 g/mol. The summed E-state index contributed by atoms with van der Waals surface area (Å²) in [6.45, 7) is 2.48. The molecule has 1 aliphatic heterocycles. The van der Waals surface area contributed by atoms with Crippen molar-refractivity contribution in [3.05, 3.63) is 35.4 Å². The molecule has 0 aromatic heterocycles. The first-order valence-corrected chi connectivity index (χ1v) is 4.72. The molecule has 1 aliphatic rings. The summed E-state index contributed by atoms with van der Waals surface area (Å²) in [5.74, 6) is -0.645. The summed E-state index contributed by atoms with van der Waals surface area (Å²) in [6, 6.07) is 6.76. The maximum absolute atomic E-state index is 11.7. The van der Waals surface area contributed by atoms with Gasteiger partial charge in [-0.2, -0.15) is 10.5 Å². The molecule has 0 unspecified atom stereocenters. The number of amides is 2. The molecule has 1 aromatic rings. The quantitative estimate of drug-likeness (QED) is 0.550. The van der Waals surface area contributed by atoms with Crippen LogP contribution in [0, 0.1) is 0 Å². The molecule has 1 heterocycles. The minimum Gasteiger partial charge on any atom is -0.267 e. The smallest absolute Gasteiger partial charge is 0.267 e. The molecule has 15 heavy (non-hydrogen) atoms. The molecule has 1 aromatic carbocycles. The first-order valence-electron chi connectivity index (χ1n) is 4.72. The van der Waals surface area contributed by atoms with Crippen LogP contribution in [0.2, 0.25) is 0 Å². The first kappa shape index (κ1) is 9.82. The normalized spacial score (nSPS) is 14.6. The lowest BCUT2D eigenvalue weighted by Crippen LogP contribution is -2.49. The van der Waals surface area contributed by atoms with E-state index in [0.717, 1.165) is 5.01 Å². The van der Waals surface area contributed by atoms with E-state index in [9.17, 15) is 9.59 Å². The van der Waals surface area contributed by atoms with Gasteiger partial charge in [0.2, 0.25) is 0 Å². The van der Waals surface area contributed by atoms with Gasteiger partial charge in [-0.25, -0.2) is 5.43 Å². The SMILES string of the molecule is CCNNN1C(=O)c2ccccc2C1=O. The number of carbonyl (C=O) groups is 2. The van der Waals surface area contributed by atoms with E-state index < -0.39 is 0 Å². The zero-order chi connectivity index (χ0) is 10.8. The summed E-state index contributed by atoms with van der Waals surface area (Å²) in [6.07, 6.45) is 0. The second kappa shape index (κ2) is 3.80. The lowest BCUT2D eigenvalue weighted by molar-refractivity contribution is 0.0528. The predicted molar refractivity (Wildman–Crippen MR) is 53.8 cm³/mol. The van der Waals surface area contributed by atoms with Crippen molar-refractivity contribution in [1.29, 1.82) is 0 Å². The zero-order valence-electron chi connectivity index (χ0n) is 8.28. The van der Waals surface area contributed by atoms with Gasteiger partial charge in [0.15, 0.2) is 0 Å². The van der Waals surface area contributed by atoms with Crippen LogP contribution in [0.15, 0.2) is 24.3 Å². The van der Waals surface area contributed by atoms with E-state index in [1.165, 1.54) is 0 Å². The minimum absolute atomic E-state index is 0.323. The standard InChI is InChI=1S/C10H11N3O2/c1-2-11-12-13-9(14)7-5-3-4-6-8(7)10(13)15/h3-6,11-12H,2H2,1H3. The maximum Gasteiger partial charge on any atom is 0.277 e. The van der Waals surface area contributed by atoms with Crippen LogP contribution in [-0.4, -0.2) is 23.4 Å². The molecule has 78 valence electrons. The number of rotatable bonds is 3. The van der Waals surface area contributed by atoms with Crippen molar-refractivity contribution in [2.75, 3.05) is 6.54 Å². The Labute approximate surface area is 87.0 Å². The third kappa shape index (κ3) is 1.51. The van der Waals surface area contributed by atoms with Crippen LogP contribution in [0.5, 0.6) is 0 Å². The van der Waals surface area contributed by atoms with E-state index >= 15 is 0 Å². The van der Waals surface area contributed by atoms with Crippen molar-refractivity contribution in [2.45, 2.75) is 6.92 Å². The topological polar surface area (TPSA) is 61.4 Å². The van der Waals surface area contributed by atoms with Crippen LogP contribution >= 0.6 is 0 Å². The Balaban J connectivity index is 2.29. The van der Waals surface area contributed by atoms with Crippen LogP contribution in [0.1, 0.15) is 27.6 Å². The number of hydrogen-bond donors (Lipinski definition) is 2. The van der Waals surface area contributed by atoms with Gasteiger partial charge in [-0.05, 0) is 12.1 Å². The molecule has 0 bridgehead atoms. The molecule has 2 rings (SSSR count). The monoisotopic (exact) mass is 205 g/mol. The van der Waals surface area contributed by atoms with E-state index in [1.54, 1.807) is 24.3 Å². The third-order valence-electron chi connectivity index (χ3n) is 2.16. The van der Waals surface area contributed by atoms with Gasteiger partial charge in [0.05, 0.1) is 11.1 Å². The Hall–Kier alpha value is -1.72. The molecule has 0 aliphatic carbocycles.